The van der Waals surface area contributed by atoms with Gasteiger partial charge in [-0.15, -0.1) is 0 Å². The molecule has 18 heavy (non-hydrogen) atoms. The van der Waals surface area contributed by atoms with Crippen molar-refractivity contribution in [3.8, 4) is 11.8 Å². The second-order valence-corrected chi connectivity index (χ2v) is 5.18. The largest absolute Gasteiger partial charge is 0.353 e. The van der Waals surface area contributed by atoms with E-state index < -0.39 is 0 Å². The van der Waals surface area contributed by atoms with Crippen molar-refractivity contribution in [2.24, 2.45) is 11.8 Å². The Morgan fingerprint density at radius 2 is 2.00 bits per heavy atom. The Labute approximate surface area is 109 Å². The Morgan fingerprint density at radius 3 is 2.67 bits per heavy atom. The van der Waals surface area contributed by atoms with E-state index in [9.17, 15) is 4.79 Å². The molecule has 2 fully saturated rings. The molecule has 0 bridgehead atoms. The fourth-order valence-corrected chi connectivity index (χ4v) is 2.56. The maximum atomic E-state index is 10.6. The number of rotatable bonds is 3. The lowest BCUT2D eigenvalue weighted by Crippen LogP contribution is -2.22. The van der Waals surface area contributed by atoms with Crippen LogP contribution >= 0.6 is 0 Å². The van der Waals surface area contributed by atoms with Gasteiger partial charge in [0.1, 0.15) is 12.9 Å². The molecule has 1 saturated carbocycles. The predicted molar refractivity (Wildman–Crippen MR) is 68.8 cm³/mol. The van der Waals surface area contributed by atoms with Crippen LogP contribution in [0.25, 0.3) is 0 Å². The van der Waals surface area contributed by atoms with Crippen LogP contribution in [0.4, 0.5) is 0 Å². The molecule has 1 saturated heterocycles. The molecule has 100 valence electrons. The van der Waals surface area contributed by atoms with E-state index in [4.69, 9.17) is 9.47 Å². The second kappa shape index (κ2) is 7.56. The lowest BCUT2D eigenvalue weighted by atomic mass is 9.83. The van der Waals surface area contributed by atoms with E-state index in [2.05, 4.69) is 11.8 Å². The Balaban J connectivity index is 1.61. The van der Waals surface area contributed by atoms with Crippen LogP contribution in [0.5, 0.6) is 0 Å². The smallest absolute Gasteiger partial charge is 0.158 e. The molecule has 0 spiro atoms. The first-order valence-corrected chi connectivity index (χ1v) is 7.05. The van der Waals surface area contributed by atoms with Crippen molar-refractivity contribution >= 4 is 6.29 Å². The van der Waals surface area contributed by atoms with Crippen LogP contribution in [-0.2, 0) is 14.3 Å². The van der Waals surface area contributed by atoms with Gasteiger partial charge in [-0.05, 0) is 44.9 Å². The van der Waals surface area contributed by atoms with Crippen LogP contribution in [0.3, 0.4) is 0 Å². The molecule has 0 aromatic heterocycles. The van der Waals surface area contributed by atoms with Crippen LogP contribution < -0.4 is 0 Å². The van der Waals surface area contributed by atoms with Crippen LogP contribution in [0.15, 0.2) is 0 Å². The minimum Gasteiger partial charge on any atom is -0.353 e. The molecule has 0 aromatic carbocycles. The summed E-state index contributed by atoms with van der Waals surface area (Å²) in [5, 5.41) is 0. The summed E-state index contributed by atoms with van der Waals surface area (Å²) in [4.78, 5) is 10.6. The lowest BCUT2D eigenvalue weighted by molar-refractivity contribution is -0.154. The molecule has 2 aliphatic rings. The zero-order valence-corrected chi connectivity index (χ0v) is 10.9. The molecule has 1 unspecified atom stereocenters. The summed E-state index contributed by atoms with van der Waals surface area (Å²) in [6.07, 6.45) is 8.47. The van der Waals surface area contributed by atoms with Gasteiger partial charge >= 0.3 is 0 Å². The Morgan fingerprint density at radius 1 is 1.17 bits per heavy atom. The summed E-state index contributed by atoms with van der Waals surface area (Å²) < 4.78 is 11.0. The van der Waals surface area contributed by atoms with Crippen molar-refractivity contribution < 1.29 is 14.3 Å². The molecule has 1 aliphatic carbocycles. The number of ether oxygens (including phenoxy) is 2. The minimum atomic E-state index is -0.0427. The maximum Gasteiger partial charge on any atom is 0.158 e. The third kappa shape index (κ3) is 4.44. The van der Waals surface area contributed by atoms with E-state index in [1.807, 2.05) is 0 Å². The Hall–Kier alpha value is -0.850. The number of hydrogen-bond donors (Lipinski definition) is 0. The fourth-order valence-electron chi connectivity index (χ4n) is 2.56. The molecule has 3 heteroatoms. The first-order chi connectivity index (χ1) is 8.88. The Kier molecular flexibility index (Phi) is 5.70. The highest BCUT2D eigenvalue weighted by molar-refractivity contribution is 5.53. The molecule has 0 N–H and O–H groups in total. The molecule has 2 rings (SSSR count). The quantitative estimate of drug-likeness (QED) is 0.570. The topological polar surface area (TPSA) is 35.5 Å². The van der Waals surface area contributed by atoms with Gasteiger partial charge in [0.2, 0.25) is 0 Å². The van der Waals surface area contributed by atoms with Gasteiger partial charge in [-0.2, -0.15) is 0 Å². The Bertz CT molecular complexity index is 301. The van der Waals surface area contributed by atoms with Crippen molar-refractivity contribution in [3.05, 3.63) is 0 Å². The zero-order chi connectivity index (χ0) is 12.6. The summed E-state index contributed by atoms with van der Waals surface area (Å²) in [5.41, 5.74) is 0. The average molecular weight is 250 g/mol. The highest BCUT2D eigenvalue weighted by atomic mass is 16.7. The van der Waals surface area contributed by atoms with E-state index in [-0.39, 0.29) is 12.2 Å². The first-order valence-electron chi connectivity index (χ1n) is 7.05. The predicted octanol–water partition coefficient (Wildman–Crippen LogP) is 2.54. The van der Waals surface area contributed by atoms with Gasteiger partial charge in [-0.25, -0.2) is 0 Å². The molecular weight excluding hydrogens is 228 g/mol. The van der Waals surface area contributed by atoms with Gasteiger partial charge in [-0.3, -0.25) is 0 Å². The molecule has 0 amide bonds. The highest BCUT2D eigenvalue weighted by Gasteiger charge is 2.19. The summed E-state index contributed by atoms with van der Waals surface area (Å²) in [6, 6.07) is 0. The van der Waals surface area contributed by atoms with Crippen molar-refractivity contribution in [1.29, 1.82) is 0 Å². The number of carbonyl (C=O) groups is 1. The number of hydrogen-bond acceptors (Lipinski definition) is 3. The molecule has 1 heterocycles. The molecule has 1 atom stereocenters. The maximum absolute atomic E-state index is 10.6. The molecule has 3 nitrogen and oxygen atoms in total. The molecule has 0 radical (unpaired) electrons. The third-order valence-electron chi connectivity index (χ3n) is 3.75. The first kappa shape index (κ1) is 13.6. The summed E-state index contributed by atoms with van der Waals surface area (Å²) in [7, 11) is 0. The lowest BCUT2D eigenvalue weighted by Gasteiger charge is -2.22. The second-order valence-electron chi connectivity index (χ2n) is 5.18. The fraction of sp³-hybridized carbons (Fsp3) is 0.800. The van der Waals surface area contributed by atoms with E-state index in [0.717, 1.165) is 51.4 Å². The zero-order valence-electron chi connectivity index (χ0n) is 10.9. The standard InChI is InChI=1S/C15H22O3/c16-12-14-8-6-13(7-9-14)4-3-11-18-15-5-1-2-10-17-15/h12-15H,1-2,5-11H2. The van der Waals surface area contributed by atoms with Crippen molar-refractivity contribution in [2.75, 3.05) is 13.2 Å². The average Bonchev–Trinajstić information content (AvgIpc) is 2.45. The van der Waals surface area contributed by atoms with E-state index in [0.29, 0.717) is 12.5 Å². The van der Waals surface area contributed by atoms with Crippen molar-refractivity contribution in [3.63, 3.8) is 0 Å². The molecule has 0 aromatic rings. The van der Waals surface area contributed by atoms with E-state index >= 15 is 0 Å². The van der Waals surface area contributed by atoms with Crippen LogP contribution in [0, 0.1) is 23.7 Å². The van der Waals surface area contributed by atoms with Gasteiger partial charge in [-0.1, -0.05) is 11.8 Å². The van der Waals surface area contributed by atoms with Crippen molar-refractivity contribution in [2.45, 2.75) is 51.2 Å². The normalized spacial score (nSPS) is 32.3. The SMILES string of the molecule is O=CC1CCC(C#CCOC2CCCCO2)CC1. The summed E-state index contributed by atoms with van der Waals surface area (Å²) in [6.45, 7) is 1.28. The third-order valence-corrected chi connectivity index (χ3v) is 3.75. The minimum absolute atomic E-state index is 0.0427. The number of carbonyl (C=O) groups excluding carboxylic acids is 1. The van der Waals surface area contributed by atoms with E-state index in [1.165, 1.54) is 6.42 Å². The van der Waals surface area contributed by atoms with E-state index in [1.54, 1.807) is 0 Å². The van der Waals surface area contributed by atoms with Crippen LogP contribution in [0.2, 0.25) is 0 Å². The van der Waals surface area contributed by atoms with Gasteiger partial charge in [0, 0.05) is 18.4 Å². The molecular formula is C15H22O3. The van der Waals surface area contributed by atoms with Crippen LogP contribution in [0.1, 0.15) is 44.9 Å². The van der Waals surface area contributed by atoms with Gasteiger partial charge in [0.15, 0.2) is 6.29 Å². The summed E-state index contributed by atoms with van der Waals surface area (Å²) >= 11 is 0. The van der Waals surface area contributed by atoms with Gasteiger partial charge in [0.25, 0.3) is 0 Å². The van der Waals surface area contributed by atoms with Gasteiger partial charge < -0.3 is 14.3 Å². The number of aldehydes is 1. The van der Waals surface area contributed by atoms with Gasteiger partial charge in [0.05, 0.1) is 0 Å². The van der Waals surface area contributed by atoms with Crippen LogP contribution in [-0.4, -0.2) is 25.8 Å². The monoisotopic (exact) mass is 250 g/mol. The molecule has 1 aliphatic heterocycles. The van der Waals surface area contributed by atoms with Crippen molar-refractivity contribution in [1.82, 2.24) is 0 Å². The summed E-state index contributed by atoms with van der Waals surface area (Å²) in [5.74, 6) is 7.08. The highest BCUT2D eigenvalue weighted by Crippen LogP contribution is 2.26.